The molecule has 17 heavy (non-hydrogen) atoms. The van der Waals surface area contributed by atoms with Gasteiger partial charge in [-0.3, -0.25) is 0 Å². The summed E-state index contributed by atoms with van der Waals surface area (Å²) in [4.78, 5) is 0. The predicted octanol–water partition coefficient (Wildman–Crippen LogP) is 2.60. The topological polar surface area (TPSA) is 26.2 Å². The molecule has 0 amide bonds. The lowest BCUT2D eigenvalue weighted by atomic mass is 10.2. The number of methoxy groups -OCH3 is 1. The molecular weight excluding hydrogens is 236 g/mol. The molecule has 0 aliphatic rings. The molecule has 2 aromatic rings. The molecule has 0 fully saturated rings. The van der Waals surface area contributed by atoms with Gasteiger partial charge in [-0.2, -0.15) is 0 Å². The summed E-state index contributed by atoms with van der Waals surface area (Å²) in [5.41, 5.74) is 2.31. The van der Waals surface area contributed by atoms with Crippen molar-refractivity contribution in [3.05, 3.63) is 28.9 Å². The monoisotopic (exact) mass is 252 g/mol. The van der Waals surface area contributed by atoms with E-state index in [1.165, 1.54) is 5.69 Å². The highest BCUT2D eigenvalue weighted by Crippen LogP contribution is 2.33. The van der Waals surface area contributed by atoms with E-state index >= 15 is 0 Å². The van der Waals surface area contributed by atoms with Crippen molar-refractivity contribution in [3.8, 4) is 5.75 Å². The molecule has 0 saturated heterocycles. The molecule has 0 bridgehead atoms. The number of hydrogen-bond acceptors (Lipinski definition) is 2. The summed E-state index contributed by atoms with van der Waals surface area (Å²) in [7, 11) is 5.69. The second-order valence-corrected chi connectivity index (χ2v) is 4.47. The van der Waals surface area contributed by atoms with Gasteiger partial charge in [-0.05, 0) is 25.2 Å². The molecule has 0 unspecified atom stereocenters. The van der Waals surface area contributed by atoms with Crippen molar-refractivity contribution in [3.63, 3.8) is 0 Å². The molecular formula is C13H17ClN2O. The summed E-state index contributed by atoms with van der Waals surface area (Å²) < 4.78 is 7.54. The molecule has 1 aromatic heterocycles. The Morgan fingerprint density at radius 3 is 2.82 bits per heavy atom. The number of aromatic nitrogens is 1. The molecule has 0 aliphatic carbocycles. The van der Waals surface area contributed by atoms with E-state index in [0.717, 1.165) is 34.6 Å². The first kappa shape index (κ1) is 12.3. The van der Waals surface area contributed by atoms with Crippen LogP contribution >= 0.6 is 11.6 Å². The van der Waals surface area contributed by atoms with Crippen molar-refractivity contribution in [2.24, 2.45) is 7.05 Å². The second kappa shape index (κ2) is 4.98. The van der Waals surface area contributed by atoms with Crippen molar-refractivity contribution in [2.75, 3.05) is 20.7 Å². The molecule has 2 rings (SSSR count). The van der Waals surface area contributed by atoms with Gasteiger partial charge in [0, 0.05) is 31.1 Å². The number of likely N-dealkylation sites (N-methyl/N-ethyl adjacent to an activating group) is 1. The Bertz CT molecular complexity index is 534. The fraction of sp³-hybridized carbons (Fsp3) is 0.385. The van der Waals surface area contributed by atoms with E-state index in [1.807, 2.05) is 26.2 Å². The summed E-state index contributed by atoms with van der Waals surface area (Å²) in [6, 6.07) is 5.93. The quantitative estimate of drug-likeness (QED) is 0.905. The maximum atomic E-state index is 6.22. The van der Waals surface area contributed by atoms with Crippen LogP contribution in [-0.2, 0) is 13.5 Å². The number of hydrogen-bond donors (Lipinski definition) is 1. The summed E-state index contributed by atoms with van der Waals surface area (Å²) in [5.74, 6) is 0.864. The van der Waals surface area contributed by atoms with Gasteiger partial charge in [0.15, 0.2) is 0 Å². The largest absolute Gasteiger partial charge is 0.495 e. The van der Waals surface area contributed by atoms with Crippen LogP contribution in [0.3, 0.4) is 0 Å². The van der Waals surface area contributed by atoms with E-state index in [2.05, 4.69) is 16.0 Å². The van der Waals surface area contributed by atoms with Crippen LogP contribution in [-0.4, -0.2) is 25.3 Å². The van der Waals surface area contributed by atoms with Crippen LogP contribution in [0.25, 0.3) is 10.9 Å². The lowest BCUT2D eigenvalue weighted by Gasteiger charge is -2.07. The van der Waals surface area contributed by atoms with Gasteiger partial charge in [-0.1, -0.05) is 11.6 Å². The van der Waals surface area contributed by atoms with E-state index in [1.54, 1.807) is 7.11 Å². The van der Waals surface area contributed by atoms with Gasteiger partial charge in [-0.15, -0.1) is 0 Å². The molecule has 0 atom stereocenters. The Morgan fingerprint density at radius 2 is 2.18 bits per heavy atom. The van der Waals surface area contributed by atoms with Crippen molar-refractivity contribution < 1.29 is 4.74 Å². The summed E-state index contributed by atoms with van der Waals surface area (Å²) in [5, 5.41) is 4.98. The van der Waals surface area contributed by atoms with Gasteiger partial charge in [0.25, 0.3) is 0 Å². The summed E-state index contributed by atoms with van der Waals surface area (Å²) in [6.07, 6.45) is 0.973. The van der Waals surface area contributed by atoms with Gasteiger partial charge in [-0.25, -0.2) is 0 Å². The smallest absolute Gasteiger partial charge is 0.143 e. The Kier molecular flexibility index (Phi) is 3.60. The minimum atomic E-state index is 0.770. The highest BCUT2D eigenvalue weighted by molar-refractivity contribution is 6.35. The van der Waals surface area contributed by atoms with Crippen LogP contribution in [0.5, 0.6) is 5.75 Å². The van der Waals surface area contributed by atoms with Crippen LogP contribution in [0.2, 0.25) is 5.02 Å². The number of aryl methyl sites for hydroxylation is 1. The Hall–Kier alpha value is -1.19. The number of nitrogens with one attached hydrogen (secondary N) is 1. The van der Waals surface area contributed by atoms with E-state index in [0.29, 0.717) is 0 Å². The first-order valence-corrected chi connectivity index (χ1v) is 6.02. The minimum Gasteiger partial charge on any atom is -0.495 e. The summed E-state index contributed by atoms with van der Waals surface area (Å²) in [6.45, 7) is 0.949. The molecule has 3 nitrogen and oxygen atoms in total. The SMILES string of the molecule is CNCCc1cc2c(Cl)ccc(OC)c2n1C. The molecule has 0 aliphatic heterocycles. The van der Waals surface area contributed by atoms with Crippen LogP contribution in [0.15, 0.2) is 18.2 Å². The number of ether oxygens (including phenoxy) is 1. The van der Waals surface area contributed by atoms with E-state index in [-0.39, 0.29) is 0 Å². The van der Waals surface area contributed by atoms with Gasteiger partial charge < -0.3 is 14.6 Å². The van der Waals surface area contributed by atoms with Crippen molar-refractivity contribution >= 4 is 22.5 Å². The molecule has 1 N–H and O–H groups in total. The molecule has 0 radical (unpaired) electrons. The Morgan fingerprint density at radius 1 is 1.41 bits per heavy atom. The summed E-state index contributed by atoms with van der Waals surface area (Å²) >= 11 is 6.22. The van der Waals surface area contributed by atoms with Crippen LogP contribution in [0.4, 0.5) is 0 Å². The number of benzene rings is 1. The fourth-order valence-electron chi connectivity index (χ4n) is 2.11. The van der Waals surface area contributed by atoms with Crippen molar-refractivity contribution in [1.82, 2.24) is 9.88 Å². The van der Waals surface area contributed by atoms with E-state index in [4.69, 9.17) is 16.3 Å². The van der Waals surface area contributed by atoms with Gasteiger partial charge >= 0.3 is 0 Å². The number of fused-ring (bicyclic) bond motifs is 1. The average molecular weight is 253 g/mol. The molecule has 1 aromatic carbocycles. The zero-order chi connectivity index (χ0) is 12.4. The third kappa shape index (κ3) is 2.13. The molecule has 1 heterocycles. The van der Waals surface area contributed by atoms with E-state index in [9.17, 15) is 0 Å². The standard InChI is InChI=1S/C13H17ClN2O/c1-15-7-6-9-8-10-11(14)4-5-12(17-3)13(10)16(9)2/h4-5,8,15H,6-7H2,1-3H3. The average Bonchev–Trinajstić information content (AvgIpc) is 2.67. The number of nitrogens with zero attached hydrogens (tertiary/aromatic N) is 1. The highest BCUT2D eigenvalue weighted by atomic mass is 35.5. The lowest BCUT2D eigenvalue weighted by Crippen LogP contribution is -2.12. The maximum Gasteiger partial charge on any atom is 0.143 e. The van der Waals surface area contributed by atoms with Crippen molar-refractivity contribution in [2.45, 2.75) is 6.42 Å². The zero-order valence-corrected chi connectivity index (χ0v) is 11.1. The van der Waals surface area contributed by atoms with Crippen LogP contribution in [0.1, 0.15) is 5.69 Å². The predicted molar refractivity (Wildman–Crippen MR) is 72.1 cm³/mol. The van der Waals surface area contributed by atoms with Crippen molar-refractivity contribution in [1.29, 1.82) is 0 Å². The second-order valence-electron chi connectivity index (χ2n) is 4.06. The fourth-order valence-corrected chi connectivity index (χ4v) is 2.32. The Labute approximate surface area is 106 Å². The van der Waals surface area contributed by atoms with Gasteiger partial charge in [0.05, 0.1) is 17.6 Å². The Balaban J connectivity index is 2.59. The third-order valence-corrected chi connectivity index (χ3v) is 3.38. The number of halogens is 1. The first-order valence-electron chi connectivity index (χ1n) is 5.64. The third-order valence-electron chi connectivity index (χ3n) is 3.06. The van der Waals surface area contributed by atoms with E-state index < -0.39 is 0 Å². The molecule has 0 spiro atoms. The van der Waals surface area contributed by atoms with Gasteiger partial charge in [0.2, 0.25) is 0 Å². The van der Waals surface area contributed by atoms with Gasteiger partial charge in [0.1, 0.15) is 5.75 Å². The molecule has 4 heteroatoms. The molecule has 92 valence electrons. The number of rotatable bonds is 4. The minimum absolute atomic E-state index is 0.770. The lowest BCUT2D eigenvalue weighted by molar-refractivity contribution is 0.417. The molecule has 0 saturated carbocycles. The highest BCUT2D eigenvalue weighted by Gasteiger charge is 2.12. The zero-order valence-electron chi connectivity index (χ0n) is 10.4. The first-order chi connectivity index (χ1) is 8.19. The maximum absolute atomic E-state index is 6.22. The normalized spacial score (nSPS) is 11.1. The van der Waals surface area contributed by atoms with Crippen LogP contribution < -0.4 is 10.1 Å². The van der Waals surface area contributed by atoms with Crippen LogP contribution in [0, 0.1) is 0 Å².